The number of aromatic amines is 1. The molecule has 0 bridgehead atoms. The molecule has 1 aromatic heterocycles. The van der Waals surface area contributed by atoms with E-state index >= 15 is 0 Å². The van der Waals surface area contributed by atoms with Crippen molar-refractivity contribution in [2.45, 2.75) is 38.8 Å². The summed E-state index contributed by atoms with van der Waals surface area (Å²) in [6.07, 6.45) is 3.10. The normalized spacial score (nSPS) is 20.7. The topological polar surface area (TPSA) is 65.6 Å². The number of carboxylic acid groups (broad SMARTS) is 1. The molecule has 2 N–H and O–H groups in total. The van der Waals surface area contributed by atoms with Gasteiger partial charge in [0.15, 0.2) is 0 Å². The molecule has 0 aliphatic carbocycles. The highest BCUT2D eigenvalue weighted by Gasteiger charge is 2.38. The number of benzene rings is 3. The van der Waals surface area contributed by atoms with Crippen molar-refractivity contribution < 1.29 is 14.6 Å². The van der Waals surface area contributed by atoms with Crippen molar-refractivity contribution in [1.29, 1.82) is 0 Å². The van der Waals surface area contributed by atoms with Crippen LogP contribution in [-0.2, 0) is 18.6 Å². The molecule has 5 rings (SSSR count). The Labute approximate surface area is 206 Å². The van der Waals surface area contributed by atoms with Crippen molar-refractivity contribution >= 4 is 16.9 Å². The smallest absolute Gasteiger partial charge is 0.335 e. The van der Waals surface area contributed by atoms with Gasteiger partial charge in [0.25, 0.3) is 0 Å². The van der Waals surface area contributed by atoms with Crippen LogP contribution in [0, 0.1) is 5.92 Å². The molecule has 35 heavy (non-hydrogen) atoms. The molecule has 2 heterocycles. The molecule has 3 aromatic carbocycles. The number of carbonyl (C=O) groups is 1. The zero-order chi connectivity index (χ0) is 24.4. The standard InChI is InChI=1S/C30H32N2O3/c1-21-18-32(14-13-30(21,2)25-10-6-9-23(15-25)29(33)34)19-24-17-31-28-12-11-26(16-27(24)28)35-20-22-7-4-3-5-8-22/h3-12,15-17,21,31H,13-14,18-20H2,1-2H3,(H,33,34)/t21-,30+/m0/s1. The molecule has 0 spiro atoms. The second-order valence-corrected chi connectivity index (χ2v) is 9.99. The van der Waals surface area contributed by atoms with Gasteiger partial charge in [0, 0.05) is 30.2 Å². The van der Waals surface area contributed by atoms with Gasteiger partial charge in [-0.3, -0.25) is 4.90 Å². The summed E-state index contributed by atoms with van der Waals surface area (Å²) in [4.78, 5) is 17.4. The Bertz CT molecular complexity index is 1330. The molecule has 1 aliphatic rings. The molecule has 0 radical (unpaired) electrons. The van der Waals surface area contributed by atoms with Crippen LogP contribution in [-0.4, -0.2) is 34.0 Å². The predicted octanol–water partition coefficient (Wildman–Crippen LogP) is 6.24. The first-order valence-electron chi connectivity index (χ1n) is 12.3. The van der Waals surface area contributed by atoms with Gasteiger partial charge >= 0.3 is 5.97 Å². The van der Waals surface area contributed by atoms with E-state index < -0.39 is 5.97 Å². The minimum Gasteiger partial charge on any atom is -0.489 e. The van der Waals surface area contributed by atoms with Crippen LogP contribution in [0.1, 0.15) is 47.3 Å². The number of aromatic carboxylic acids is 1. The van der Waals surface area contributed by atoms with Crippen molar-refractivity contribution in [3.05, 3.63) is 101 Å². The largest absolute Gasteiger partial charge is 0.489 e. The molecular weight excluding hydrogens is 436 g/mol. The average Bonchev–Trinajstić information content (AvgIpc) is 3.27. The molecule has 4 aromatic rings. The summed E-state index contributed by atoms with van der Waals surface area (Å²) in [6, 6.07) is 23.9. The highest BCUT2D eigenvalue weighted by Crippen LogP contribution is 2.40. The first-order chi connectivity index (χ1) is 16.9. The van der Waals surface area contributed by atoms with Crippen molar-refractivity contribution in [2.75, 3.05) is 13.1 Å². The zero-order valence-corrected chi connectivity index (χ0v) is 20.3. The predicted molar refractivity (Wildman–Crippen MR) is 139 cm³/mol. The van der Waals surface area contributed by atoms with Crippen molar-refractivity contribution in [3.63, 3.8) is 0 Å². The molecule has 1 saturated heterocycles. The molecule has 0 saturated carbocycles. The second kappa shape index (κ2) is 9.59. The van der Waals surface area contributed by atoms with Crippen LogP contribution in [0.4, 0.5) is 0 Å². The fourth-order valence-electron chi connectivity index (χ4n) is 5.26. The van der Waals surface area contributed by atoms with Gasteiger partial charge in [0.2, 0.25) is 0 Å². The number of fused-ring (bicyclic) bond motifs is 1. The third kappa shape index (κ3) is 4.82. The molecule has 5 nitrogen and oxygen atoms in total. The van der Waals surface area contributed by atoms with Gasteiger partial charge in [0.05, 0.1) is 5.56 Å². The SMILES string of the molecule is C[C@H]1CN(Cc2c[nH]c3ccc(OCc4ccccc4)cc23)CC[C@@]1(C)c1cccc(C(=O)O)c1. The van der Waals surface area contributed by atoms with Crippen molar-refractivity contribution in [3.8, 4) is 5.75 Å². The number of nitrogens with zero attached hydrogens (tertiary/aromatic N) is 1. The number of aromatic nitrogens is 1. The fraction of sp³-hybridized carbons (Fsp3) is 0.300. The Balaban J connectivity index is 1.28. The molecule has 2 atom stereocenters. The van der Waals surface area contributed by atoms with Gasteiger partial charge in [0.1, 0.15) is 12.4 Å². The zero-order valence-electron chi connectivity index (χ0n) is 20.3. The molecule has 5 heteroatoms. The lowest BCUT2D eigenvalue weighted by Crippen LogP contribution is -2.47. The van der Waals surface area contributed by atoms with E-state index in [0.29, 0.717) is 18.1 Å². The van der Waals surface area contributed by atoms with E-state index in [9.17, 15) is 9.90 Å². The number of carboxylic acids is 1. The van der Waals surface area contributed by atoms with Gasteiger partial charge in [-0.15, -0.1) is 0 Å². The summed E-state index contributed by atoms with van der Waals surface area (Å²) >= 11 is 0. The summed E-state index contributed by atoms with van der Waals surface area (Å²) in [7, 11) is 0. The lowest BCUT2D eigenvalue weighted by molar-refractivity contribution is 0.0696. The van der Waals surface area contributed by atoms with Crippen LogP contribution >= 0.6 is 0 Å². The maximum Gasteiger partial charge on any atom is 0.335 e. The molecule has 180 valence electrons. The van der Waals surface area contributed by atoms with Crippen LogP contribution in [0.2, 0.25) is 0 Å². The Hall–Kier alpha value is -3.57. The molecular formula is C30H32N2O3. The van der Waals surface area contributed by atoms with E-state index in [1.807, 2.05) is 36.4 Å². The number of likely N-dealkylation sites (tertiary alicyclic amines) is 1. The van der Waals surface area contributed by atoms with E-state index in [4.69, 9.17) is 4.74 Å². The molecule has 0 amide bonds. The third-order valence-corrected chi connectivity index (χ3v) is 7.72. The lowest BCUT2D eigenvalue weighted by atomic mass is 9.68. The number of nitrogens with one attached hydrogen (secondary N) is 1. The van der Waals surface area contributed by atoms with Crippen LogP contribution in [0.15, 0.2) is 79.0 Å². The molecule has 1 aliphatic heterocycles. The summed E-state index contributed by atoms with van der Waals surface area (Å²) in [5.41, 5.74) is 4.99. The van der Waals surface area contributed by atoms with E-state index in [0.717, 1.165) is 48.4 Å². The van der Waals surface area contributed by atoms with Crippen molar-refractivity contribution in [1.82, 2.24) is 9.88 Å². The van der Waals surface area contributed by atoms with Gasteiger partial charge < -0.3 is 14.8 Å². The Morgan fingerprint density at radius 2 is 1.94 bits per heavy atom. The second-order valence-electron chi connectivity index (χ2n) is 9.99. The van der Waals surface area contributed by atoms with Crippen LogP contribution < -0.4 is 4.74 Å². The Kier molecular flexibility index (Phi) is 6.35. The van der Waals surface area contributed by atoms with Crippen LogP contribution in [0.25, 0.3) is 10.9 Å². The first-order valence-corrected chi connectivity index (χ1v) is 12.3. The number of hydrogen-bond donors (Lipinski definition) is 2. The highest BCUT2D eigenvalue weighted by atomic mass is 16.5. The highest BCUT2D eigenvalue weighted by molar-refractivity contribution is 5.87. The average molecular weight is 469 g/mol. The van der Waals surface area contributed by atoms with Gasteiger partial charge in [-0.1, -0.05) is 56.3 Å². The monoisotopic (exact) mass is 468 g/mol. The maximum atomic E-state index is 11.5. The summed E-state index contributed by atoms with van der Waals surface area (Å²) in [5, 5.41) is 10.6. The number of ether oxygens (including phenoxy) is 1. The third-order valence-electron chi connectivity index (χ3n) is 7.72. The van der Waals surface area contributed by atoms with E-state index in [1.54, 1.807) is 6.07 Å². The van der Waals surface area contributed by atoms with Crippen LogP contribution in [0.5, 0.6) is 5.75 Å². The number of hydrogen-bond acceptors (Lipinski definition) is 3. The summed E-state index contributed by atoms with van der Waals surface area (Å²) in [6.45, 7) is 7.91. The number of H-pyrrole nitrogens is 1. The lowest BCUT2D eigenvalue weighted by Gasteiger charge is -2.45. The minimum absolute atomic E-state index is 0.0410. The van der Waals surface area contributed by atoms with E-state index in [1.165, 1.54) is 10.9 Å². The Morgan fingerprint density at radius 1 is 1.11 bits per heavy atom. The van der Waals surface area contributed by atoms with Gasteiger partial charge in [-0.25, -0.2) is 4.79 Å². The summed E-state index contributed by atoms with van der Waals surface area (Å²) < 4.78 is 6.07. The minimum atomic E-state index is -0.869. The van der Waals surface area contributed by atoms with Crippen LogP contribution in [0.3, 0.4) is 0 Å². The van der Waals surface area contributed by atoms with Gasteiger partial charge in [-0.05, 0) is 71.3 Å². The quantitative estimate of drug-likeness (QED) is 0.337. The number of rotatable bonds is 7. The van der Waals surface area contributed by atoms with Crippen molar-refractivity contribution in [2.24, 2.45) is 5.92 Å². The Morgan fingerprint density at radius 3 is 2.71 bits per heavy atom. The summed E-state index contributed by atoms with van der Waals surface area (Å²) in [5.74, 6) is 0.405. The molecule has 0 unspecified atom stereocenters. The molecule has 1 fully saturated rings. The maximum absolute atomic E-state index is 11.5. The van der Waals surface area contributed by atoms with E-state index in [-0.39, 0.29) is 5.41 Å². The number of piperidine rings is 1. The fourth-order valence-corrected chi connectivity index (χ4v) is 5.26. The first kappa shape index (κ1) is 23.2. The van der Waals surface area contributed by atoms with E-state index in [2.05, 4.69) is 60.3 Å². The van der Waals surface area contributed by atoms with Gasteiger partial charge in [-0.2, -0.15) is 0 Å².